The number of hydrogen-bond donors (Lipinski definition) is 2. The third-order valence-electron chi connectivity index (χ3n) is 4.34. The number of H-pyrrole nitrogens is 1. The lowest BCUT2D eigenvalue weighted by atomic mass is 10.2. The number of sulfonamides is 1. The van der Waals surface area contributed by atoms with E-state index in [1.54, 1.807) is 13.8 Å². The number of rotatable bonds is 4. The van der Waals surface area contributed by atoms with Crippen LogP contribution >= 0.6 is 11.6 Å². The Morgan fingerprint density at radius 3 is 2.59 bits per heavy atom. The molecule has 0 saturated carbocycles. The maximum atomic E-state index is 13.3. The van der Waals surface area contributed by atoms with Gasteiger partial charge in [0.2, 0.25) is 10.0 Å². The Balaban J connectivity index is 1.90. The molecule has 3 rings (SSSR count). The van der Waals surface area contributed by atoms with Gasteiger partial charge in [-0.15, -0.1) is 0 Å². The van der Waals surface area contributed by atoms with Crippen LogP contribution in [0, 0.1) is 19.7 Å². The van der Waals surface area contributed by atoms with Crippen LogP contribution in [0.4, 0.5) is 10.1 Å². The number of nitrogens with zero attached hydrogens (tertiary/aromatic N) is 1. The molecule has 1 aliphatic heterocycles. The molecule has 7 nitrogen and oxygen atoms in total. The van der Waals surface area contributed by atoms with Crippen molar-refractivity contribution >= 4 is 33.2 Å². The van der Waals surface area contributed by atoms with E-state index in [1.807, 2.05) is 0 Å². The van der Waals surface area contributed by atoms with Gasteiger partial charge < -0.3 is 15.0 Å². The summed E-state index contributed by atoms with van der Waals surface area (Å²) in [7, 11) is -3.75. The third kappa shape index (κ3) is 3.86. The summed E-state index contributed by atoms with van der Waals surface area (Å²) in [4.78, 5) is 15.5. The Labute approximate surface area is 161 Å². The van der Waals surface area contributed by atoms with Crippen molar-refractivity contribution in [1.29, 1.82) is 0 Å². The number of halogens is 2. The first-order valence-electron chi connectivity index (χ1n) is 8.25. The molecule has 0 atom stereocenters. The Hall–Kier alpha value is -1.94. The fourth-order valence-corrected chi connectivity index (χ4v) is 5.03. The van der Waals surface area contributed by atoms with Gasteiger partial charge in [-0.1, -0.05) is 11.6 Å². The molecule has 2 N–H and O–H groups in total. The second-order valence-electron chi connectivity index (χ2n) is 6.18. The minimum atomic E-state index is -3.75. The number of amides is 1. The van der Waals surface area contributed by atoms with Crippen LogP contribution in [0.15, 0.2) is 23.1 Å². The smallest absolute Gasteiger partial charge is 0.272 e. The van der Waals surface area contributed by atoms with E-state index in [9.17, 15) is 17.6 Å². The molecule has 2 heterocycles. The number of aromatic nitrogens is 1. The monoisotopic (exact) mass is 415 g/mol. The number of aromatic amines is 1. The molecule has 1 aliphatic rings. The third-order valence-corrected chi connectivity index (χ3v) is 6.80. The van der Waals surface area contributed by atoms with Crippen molar-refractivity contribution in [1.82, 2.24) is 9.29 Å². The van der Waals surface area contributed by atoms with Crippen molar-refractivity contribution in [3.05, 3.63) is 46.0 Å². The average Bonchev–Trinajstić information content (AvgIpc) is 2.94. The molecule has 0 unspecified atom stereocenters. The number of ether oxygens (including phenoxy) is 1. The molecule has 1 fully saturated rings. The van der Waals surface area contributed by atoms with E-state index in [-0.39, 0.29) is 28.7 Å². The van der Waals surface area contributed by atoms with E-state index in [0.29, 0.717) is 30.2 Å². The molecule has 10 heteroatoms. The predicted molar refractivity (Wildman–Crippen MR) is 99.2 cm³/mol. The van der Waals surface area contributed by atoms with Gasteiger partial charge in [0.05, 0.1) is 18.2 Å². The quantitative estimate of drug-likeness (QED) is 0.803. The van der Waals surface area contributed by atoms with Gasteiger partial charge in [-0.25, -0.2) is 12.8 Å². The summed E-state index contributed by atoms with van der Waals surface area (Å²) < 4.78 is 45.7. The molecule has 0 radical (unpaired) electrons. The van der Waals surface area contributed by atoms with Gasteiger partial charge in [0, 0.05) is 24.5 Å². The summed E-state index contributed by atoms with van der Waals surface area (Å²) >= 11 is 5.72. The normalized spacial score (nSPS) is 15.7. The standard InChI is InChI=1S/C17H19ClFN3O4S/c1-10-15(17(23)21-12-3-4-14(19)13(18)9-12)20-11(2)16(10)27(24,25)22-5-7-26-8-6-22/h3-4,9,20H,5-8H2,1-2H3,(H,21,23). The van der Waals surface area contributed by atoms with Crippen molar-refractivity contribution in [3.63, 3.8) is 0 Å². The minimum Gasteiger partial charge on any atom is -0.379 e. The summed E-state index contributed by atoms with van der Waals surface area (Å²) in [5.74, 6) is -1.14. The first-order chi connectivity index (χ1) is 12.7. The van der Waals surface area contributed by atoms with Crippen LogP contribution in [0.1, 0.15) is 21.7 Å². The fourth-order valence-electron chi connectivity index (χ4n) is 3.03. The molecule has 0 spiro atoms. The molecule has 27 heavy (non-hydrogen) atoms. The van der Waals surface area contributed by atoms with Gasteiger partial charge in [-0.3, -0.25) is 4.79 Å². The van der Waals surface area contributed by atoms with Crippen LogP contribution in [0.5, 0.6) is 0 Å². The highest BCUT2D eigenvalue weighted by Crippen LogP contribution is 2.28. The summed E-state index contributed by atoms with van der Waals surface area (Å²) in [6.45, 7) is 4.38. The van der Waals surface area contributed by atoms with Crippen LogP contribution in [0.2, 0.25) is 5.02 Å². The van der Waals surface area contributed by atoms with Crippen LogP contribution in [0.25, 0.3) is 0 Å². The predicted octanol–water partition coefficient (Wildman–Crippen LogP) is 2.70. The van der Waals surface area contributed by atoms with E-state index >= 15 is 0 Å². The maximum absolute atomic E-state index is 13.3. The van der Waals surface area contributed by atoms with Gasteiger partial charge >= 0.3 is 0 Å². The van der Waals surface area contributed by atoms with Crippen molar-refractivity contribution < 1.29 is 22.3 Å². The van der Waals surface area contributed by atoms with Crippen molar-refractivity contribution in [2.45, 2.75) is 18.7 Å². The Morgan fingerprint density at radius 1 is 1.30 bits per heavy atom. The number of morpholine rings is 1. The molecule has 0 bridgehead atoms. The van der Waals surface area contributed by atoms with Gasteiger partial charge in [0.25, 0.3) is 5.91 Å². The second kappa shape index (κ2) is 7.59. The molecule has 0 aliphatic carbocycles. The molecular weight excluding hydrogens is 397 g/mol. The number of anilines is 1. The lowest BCUT2D eigenvalue weighted by molar-refractivity contribution is 0.0730. The van der Waals surface area contributed by atoms with Crippen LogP contribution in [0.3, 0.4) is 0 Å². The Kier molecular flexibility index (Phi) is 5.57. The molecule has 146 valence electrons. The zero-order valence-electron chi connectivity index (χ0n) is 14.8. The Morgan fingerprint density at radius 2 is 1.96 bits per heavy atom. The Bertz CT molecular complexity index is 984. The topological polar surface area (TPSA) is 91.5 Å². The van der Waals surface area contributed by atoms with Gasteiger partial charge in [-0.05, 0) is 37.6 Å². The average molecular weight is 416 g/mol. The molecular formula is C17H19ClFN3O4S. The zero-order valence-corrected chi connectivity index (χ0v) is 16.4. The number of carbonyl (C=O) groups excluding carboxylic acids is 1. The molecule has 1 amide bonds. The van der Waals surface area contributed by atoms with E-state index in [4.69, 9.17) is 16.3 Å². The second-order valence-corrected chi connectivity index (χ2v) is 8.46. The SMILES string of the molecule is Cc1[nH]c(C(=O)Nc2ccc(F)c(Cl)c2)c(C)c1S(=O)(=O)N1CCOCC1. The van der Waals surface area contributed by atoms with E-state index in [1.165, 1.54) is 16.4 Å². The lowest BCUT2D eigenvalue weighted by Crippen LogP contribution is -2.40. The summed E-state index contributed by atoms with van der Waals surface area (Å²) in [5.41, 5.74) is 1.13. The zero-order chi connectivity index (χ0) is 19.8. The molecule has 1 aromatic carbocycles. The van der Waals surface area contributed by atoms with Crippen LogP contribution < -0.4 is 5.32 Å². The van der Waals surface area contributed by atoms with E-state index in [0.717, 1.165) is 6.07 Å². The largest absolute Gasteiger partial charge is 0.379 e. The molecule has 1 aromatic heterocycles. The van der Waals surface area contributed by atoms with Gasteiger partial charge in [-0.2, -0.15) is 4.31 Å². The highest BCUT2D eigenvalue weighted by Gasteiger charge is 2.32. The van der Waals surface area contributed by atoms with Gasteiger partial charge in [0.15, 0.2) is 0 Å². The lowest BCUT2D eigenvalue weighted by Gasteiger charge is -2.26. The van der Waals surface area contributed by atoms with Gasteiger partial charge in [0.1, 0.15) is 16.4 Å². The minimum absolute atomic E-state index is 0.0895. The number of hydrogen-bond acceptors (Lipinski definition) is 4. The van der Waals surface area contributed by atoms with Crippen LogP contribution in [-0.2, 0) is 14.8 Å². The maximum Gasteiger partial charge on any atom is 0.272 e. The van der Waals surface area contributed by atoms with Crippen LogP contribution in [-0.4, -0.2) is 49.9 Å². The fraction of sp³-hybridized carbons (Fsp3) is 0.353. The van der Waals surface area contributed by atoms with Crippen molar-refractivity contribution in [3.8, 4) is 0 Å². The van der Waals surface area contributed by atoms with E-state index in [2.05, 4.69) is 10.3 Å². The number of benzene rings is 1. The number of nitrogens with one attached hydrogen (secondary N) is 2. The molecule has 1 saturated heterocycles. The van der Waals surface area contributed by atoms with Crippen molar-refractivity contribution in [2.75, 3.05) is 31.6 Å². The highest BCUT2D eigenvalue weighted by atomic mass is 35.5. The summed E-state index contributed by atoms with van der Waals surface area (Å²) in [6.07, 6.45) is 0. The number of carbonyl (C=O) groups is 1. The van der Waals surface area contributed by atoms with Crippen molar-refractivity contribution in [2.24, 2.45) is 0 Å². The molecule has 2 aromatic rings. The highest BCUT2D eigenvalue weighted by molar-refractivity contribution is 7.89. The number of aryl methyl sites for hydroxylation is 1. The first kappa shape index (κ1) is 19.8. The summed E-state index contributed by atoms with van der Waals surface area (Å²) in [6, 6.07) is 3.79. The first-order valence-corrected chi connectivity index (χ1v) is 10.1. The van der Waals surface area contributed by atoms with E-state index < -0.39 is 21.7 Å². The summed E-state index contributed by atoms with van der Waals surface area (Å²) in [5, 5.41) is 2.47.